The lowest BCUT2D eigenvalue weighted by molar-refractivity contribution is 0.601. The summed E-state index contributed by atoms with van der Waals surface area (Å²) < 4.78 is 13.4. The van der Waals surface area contributed by atoms with Gasteiger partial charge in [-0.3, -0.25) is 0 Å². The van der Waals surface area contributed by atoms with Gasteiger partial charge in [-0.25, -0.2) is 4.39 Å². The SMILES string of the molecule is [B]c1cc(NC)cc(F)c1C(C)C. The Kier molecular flexibility index (Phi) is 2.96. The number of hydrogen-bond acceptors (Lipinski definition) is 1. The van der Waals surface area contributed by atoms with Crippen molar-refractivity contribution in [3.05, 3.63) is 23.5 Å². The standard InChI is InChI=1S/C10H13BFN/c1-6(2)10-8(11)4-7(13-3)5-9(10)12/h4-6,13H,1-3H3. The maximum atomic E-state index is 13.4. The van der Waals surface area contributed by atoms with Crippen molar-refractivity contribution in [3.8, 4) is 0 Å². The lowest BCUT2D eigenvalue weighted by Crippen LogP contribution is -2.15. The van der Waals surface area contributed by atoms with Crippen LogP contribution >= 0.6 is 0 Å². The molecule has 0 aliphatic heterocycles. The predicted molar refractivity (Wildman–Crippen MR) is 55.4 cm³/mol. The number of hydrogen-bond donors (Lipinski definition) is 1. The molecule has 0 aliphatic carbocycles. The van der Waals surface area contributed by atoms with E-state index in [1.165, 1.54) is 6.07 Å². The Labute approximate surface area is 79.8 Å². The minimum absolute atomic E-state index is 0.117. The highest BCUT2D eigenvalue weighted by Crippen LogP contribution is 2.18. The average Bonchev–Trinajstić information content (AvgIpc) is 2.02. The molecule has 0 atom stereocenters. The Balaban J connectivity index is 3.23. The quantitative estimate of drug-likeness (QED) is 0.679. The first-order chi connectivity index (χ1) is 6.06. The second-order valence-corrected chi connectivity index (χ2v) is 3.37. The number of halogens is 1. The first-order valence-electron chi connectivity index (χ1n) is 4.33. The average molecular weight is 177 g/mol. The summed E-state index contributed by atoms with van der Waals surface area (Å²) in [4.78, 5) is 0. The van der Waals surface area contributed by atoms with Gasteiger partial charge in [0.25, 0.3) is 0 Å². The molecule has 0 saturated carbocycles. The lowest BCUT2D eigenvalue weighted by atomic mass is 9.84. The molecular weight excluding hydrogens is 164 g/mol. The third-order valence-corrected chi connectivity index (χ3v) is 2.03. The lowest BCUT2D eigenvalue weighted by Gasteiger charge is -2.13. The molecule has 0 amide bonds. The van der Waals surface area contributed by atoms with Crippen LogP contribution in [0, 0.1) is 5.82 Å². The van der Waals surface area contributed by atoms with Crippen molar-refractivity contribution in [2.75, 3.05) is 12.4 Å². The smallest absolute Gasteiger partial charge is 0.128 e. The van der Waals surface area contributed by atoms with Crippen LogP contribution < -0.4 is 10.8 Å². The molecule has 0 heterocycles. The largest absolute Gasteiger partial charge is 0.388 e. The molecule has 2 radical (unpaired) electrons. The monoisotopic (exact) mass is 177 g/mol. The van der Waals surface area contributed by atoms with Gasteiger partial charge in [-0.15, -0.1) is 0 Å². The fourth-order valence-corrected chi connectivity index (χ4v) is 1.39. The van der Waals surface area contributed by atoms with Crippen molar-refractivity contribution in [2.45, 2.75) is 19.8 Å². The highest BCUT2D eigenvalue weighted by molar-refractivity contribution is 6.33. The van der Waals surface area contributed by atoms with E-state index in [1.807, 2.05) is 13.8 Å². The Hall–Kier alpha value is -0.985. The van der Waals surface area contributed by atoms with E-state index in [4.69, 9.17) is 7.85 Å². The number of benzene rings is 1. The highest BCUT2D eigenvalue weighted by atomic mass is 19.1. The fraction of sp³-hybridized carbons (Fsp3) is 0.400. The first kappa shape index (κ1) is 10.1. The summed E-state index contributed by atoms with van der Waals surface area (Å²) in [6.45, 7) is 3.85. The van der Waals surface area contributed by atoms with Crippen molar-refractivity contribution < 1.29 is 4.39 Å². The van der Waals surface area contributed by atoms with Gasteiger partial charge in [0.15, 0.2) is 0 Å². The molecule has 1 nitrogen and oxygen atoms in total. The van der Waals surface area contributed by atoms with Crippen LogP contribution in [0.5, 0.6) is 0 Å². The van der Waals surface area contributed by atoms with Gasteiger partial charge in [-0.1, -0.05) is 19.3 Å². The van der Waals surface area contributed by atoms with E-state index in [2.05, 4.69) is 5.32 Å². The predicted octanol–water partition coefficient (Wildman–Crippen LogP) is 1.78. The molecule has 0 bridgehead atoms. The third kappa shape index (κ3) is 2.03. The maximum absolute atomic E-state index is 13.4. The molecule has 13 heavy (non-hydrogen) atoms. The highest BCUT2D eigenvalue weighted by Gasteiger charge is 2.10. The molecule has 0 saturated heterocycles. The molecule has 1 rings (SSSR count). The van der Waals surface area contributed by atoms with Gasteiger partial charge in [-0.05, 0) is 23.6 Å². The van der Waals surface area contributed by atoms with E-state index in [0.717, 1.165) is 0 Å². The first-order valence-corrected chi connectivity index (χ1v) is 4.33. The molecule has 0 aromatic heterocycles. The number of rotatable bonds is 2. The topological polar surface area (TPSA) is 12.0 Å². The molecule has 0 spiro atoms. The molecule has 1 aromatic rings. The van der Waals surface area contributed by atoms with Gasteiger partial charge in [0.2, 0.25) is 0 Å². The summed E-state index contributed by atoms with van der Waals surface area (Å²) in [7, 11) is 7.46. The Bertz CT molecular complexity index is 287. The van der Waals surface area contributed by atoms with Gasteiger partial charge < -0.3 is 5.32 Å². The molecule has 1 N–H and O–H groups in total. The van der Waals surface area contributed by atoms with Crippen molar-refractivity contribution in [2.24, 2.45) is 0 Å². The minimum atomic E-state index is -0.237. The van der Waals surface area contributed by atoms with Gasteiger partial charge in [0.05, 0.1) is 0 Å². The second kappa shape index (κ2) is 3.82. The van der Waals surface area contributed by atoms with E-state index < -0.39 is 0 Å². The fourth-order valence-electron chi connectivity index (χ4n) is 1.39. The van der Waals surface area contributed by atoms with E-state index in [9.17, 15) is 4.39 Å². The zero-order chi connectivity index (χ0) is 10.0. The van der Waals surface area contributed by atoms with E-state index in [0.29, 0.717) is 16.7 Å². The number of nitrogens with one attached hydrogen (secondary N) is 1. The van der Waals surface area contributed by atoms with Crippen LogP contribution in [-0.4, -0.2) is 14.9 Å². The second-order valence-electron chi connectivity index (χ2n) is 3.37. The zero-order valence-corrected chi connectivity index (χ0v) is 8.19. The van der Waals surface area contributed by atoms with Gasteiger partial charge in [-0.2, -0.15) is 0 Å². The van der Waals surface area contributed by atoms with Crippen LogP contribution in [-0.2, 0) is 0 Å². The summed E-state index contributed by atoms with van der Waals surface area (Å²) in [5.41, 5.74) is 1.82. The zero-order valence-electron chi connectivity index (χ0n) is 8.19. The van der Waals surface area contributed by atoms with Crippen LogP contribution in [0.2, 0.25) is 0 Å². The maximum Gasteiger partial charge on any atom is 0.128 e. The van der Waals surface area contributed by atoms with E-state index in [1.54, 1.807) is 13.1 Å². The van der Waals surface area contributed by atoms with Crippen molar-refractivity contribution in [3.63, 3.8) is 0 Å². The van der Waals surface area contributed by atoms with Crippen LogP contribution in [0.4, 0.5) is 10.1 Å². The van der Waals surface area contributed by atoms with E-state index >= 15 is 0 Å². The number of anilines is 1. The van der Waals surface area contributed by atoms with Crippen LogP contribution in [0.15, 0.2) is 12.1 Å². The Morgan fingerprint density at radius 1 is 1.38 bits per heavy atom. The van der Waals surface area contributed by atoms with Crippen LogP contribution in [0.25, 0.3) is 0 Å². The van der Waals surface area contributed by atoms with Gasteiger partial charge in [0, 0.05) is 12.7 Å². The molecule has 0 unspecified atom stereocenters. The summed E-state index contributed by atoms with van der Waals surface area (Å²) in [6, 6.07) is 3.21. The Morgan fingerprint density at radius 3 is 2.38 bits per heavy atom. The van der Waals surface area contributed by atoms with Crippen LogP contribution in [0.3, 0.4) is 0 Å². The van der Waals surface area contributed by atoms with E-state index in [-0.39, 0.29) is 11.7 Å². The summed E-state index contributed by atoms with van der Waals surface area (Å²) in [5, 5.41) is 2.85. The molecule has 3 heteroatoms. The normalized spacial score (nSPS) is 10.5. The molecule has 0 fully saturated rings. The summed E-state index contributed by atoms with van der Waals surface area (Å²) in [5.74, 6) is -0.120. The van der Waals surface area contributed by atoms with Crippen LogP contribution in [0.1, 0.15) is 25.3 Å². The van der Waals surface area contributed by atoms with Crippen molar-refractivity contribution in [1.82, 2.24) is 0 Å². The summed E-state index contributed by atoms with van der Waals surface area (Å²) in [6.07, 6.45) is 0. The molecule has 68 valence electrons. The molecule has 1 aromatic carbocycles. The molecular formula is C10H13BFN. The van der Waals surface area contributed by atoms with Gasteiger partial charge >= 0.3 is 0 Å². The summed E-state index contributed by atoms with van der Waals surface area (Å²) >= 11 is 0. The van der Waals surface area contributed by atoms with Crippen molar-refractivity contribution in [1.29, 1.82) is 0 Å². The third-order valence-electron chi connectivity index (χ3n) is 2.03. The minimum Gasteiger partial charge on any atom is -0.388 e. The molecule has 0 aliphatic rings. The Morgan fingerprint density at radius 2 is 2.00 bits per heavy atom. The van der Waals surface area contributed by atoms with Crippen molar-refractivity contribution >= 4 is 19.0 Å². The van der Waals surface area contributed by atoms with Gasteiger partial charge in [0.1, 0.15) is 13.7 Å².